The van der Waals surface area contributed by atoms with Gasteiger partial charge in [0.2, 0.25) is 0 Å². The Morgan fingerprint density at radius 1 is 1.64 bits per heavy atom. The van der Waals surface area contributed by atoms with Gasteiger partial charge < -0.3 is 5.11 Å². The van der Waals surface area contributed by atoms with Crippen LogP contribution in [0, 0.1) is 5.82 Å². The molecule has 0 unspecified atom stereocenters. The molecule has 0 atom stereocenters. The van der Waals surface area contributed by atoms with Gasteiger partial charge in [-0.2, -0.15) is 0 Å². The number of aromatic carboxylic acids is 1. The van der Waals surface area contributed by atoms with Gasteiger partial charge in [0.15, 0.2) is 0 Å². The molecule has 0 spiro atoms. The van der Waals surface area contributed by atoms with Crippen LogP contribution >= 0.6 is 11.8 Å². The lowest BCUT2D eigenvalue weighted by Crippen LogP contribution is -2.03. The summed E-state index contributed by atoms with van der Waals surface area (Å²) in [5.74, 6) is -1.78. The second-order valence-electron chi connectivity index (χ2n) is 2.98. The number of hydrogen-bond acceptors (Lipinski definition) is 3. The van der Waals surface area contributed by atoms with Crippen LogP contribution in [0.25, 0.3) is 0 Å². The van der Waals surface area contributed by atoms with Crippen LogP contribution in [-0.4, -0.2) is 21.3 Å². The summed E-state index contributed by atoms with van der Waals surface area (Å²) >= 11 is 1.30. The van der Waals surface area contributed by atoms with Crippen molar-refractivity contribution < 1.29 is 14.3 Å². The van der Waals surface area contributed by atoms with E-state index in [4.69, 9.17) is 5.11 Å². The molecule has 76 valence electrons. The Bertz CT molecular complexity index is 355. The van der Waals surface area contributed by atoms with Gasteiger partial charge >= 0.3 is 5.97 Å². The lowest BCUT2D eigenvalue weighted by atomic mass is 10.3. The lowest BCUT2D eigenvalue weighted by molar-refractivity contribution is 0.0691. The molecule has 0 aliphatic rings. The van der Waals surface area contributed by atoms with Crippen LogP contribution in [0.15, 0.2) is 17.3 Å². The summed E-state index contributed by atoms with van der Waals surface area (Å²) in [6, 6.07) is 0.986. The number of carboxylic acids is 1. The zero-order valence-corrected chi connectivity index (χ0v) is 8.64. The van der Waals surface area contributed by atoms with Crippen LogP contribution in [0.3, 0.4) is 0 Å². The molecule has 14 heavy (non-hydrogen) atoms. The molecule has 3 nitrogen and oxygen atoms in total. The van der Waals surface area contributed by atoms with E-state index in [1.807, 2.05) is 13.8 Å². The molecule has 1 rings (SSSR count). The highest BCUT2D eigenvalue weighted by Gasteiger charge is 2.14. The van der Waals surface area contributed by atoms with E-state index in [1.54, 1.807) is 0 Å². The highest BCUT2D eigenvalue weighted by molar-refractivity contribution is 7.99. The summed E-state index contributed by atoms with van der Waals surface area (Å²) in [4.78, 5) is 14.5. The smallest absolute Gasteiger partial charge is 0.338 e. The second-order valence-corrected chi connectivity index (χ2v) is 4.54. The van der Waals surface area contributed by atoms with E-state index in [9.17, 15) is 9.18 Å². The molecule has 0 saturated heterocycles. The number of rotatable bonds is 3. The van der Waals surface area contributed by atoms with Gasteiger partial charge in [-0.05, 0) is 6.07 Å². The van der Waals surface area contributed by atoms with Crippen molar-refractivity contribution >= 4 is 17.7 Å². The lowest BCUT2D eigenvalue weighted by Gasteiger charge is -2.06. The summed E-state index contributed by atoms with van der Waals surface area (Å²) in [5, 5.41) is 9.35. The number of hydrogen-bond donors (Lipinski definition) is 1. The predicted octanol–water partition coefficient (Wildman–Crippen LogP) is 2.42. The molecule has 1 aromatic heterocycles. The third-order valence-electron chi connectivity index (χ3n) is 1.40. The van der Waals surface area contributed by atoms with Crippen molar-refractivity contribution in [3.05, 3.63) is 23.6 Å². The minimum atomic E-state index is -1.15. The third-order valence-corrected chi connectivity index (χ3v) is 2.42. The number of nitrogens with zero attached hydrogens (tertiary/aromatic N) is 1. The van der Waals surface area contributed by atoms with Crippen molar-refractivity contribution in [1.82, 2.24) is 4.98 Å². The van der Waals surface area contributed by atoms with Crippen molar-refractivity contribution in [1.29, 1.82) is 0 Å². The van der Waals surface area contributed by atoms with Crippen LogP contribution in [-0.2, 0) is 0 Å². The third kappa shape index (κ3) is 2.70. The van der Waals surface area contributed by atoms with Gasteiger partial charge in [-0.1, -0.05) is 13.8 Å². The maximum absolute atomic E-state index is 12.7. The predicted molar refractivity (Wildman–Crippen MR) is 52.1 cm³/mol. The van der Waals surface area contributed by atoms with Crippen molar-refractivity contribution in [2.75, 3.05) is 0 Å². The summed E-state index contributed by atoms with van der Waals surface area (Å²) in [5.41, 5.74) is -0.0799. The Balaban J connectivity index is 3.08. The quantitative estimate of drug-likeness (QED) is 0.787. The van der Waals surface area contributed by atoms with Gasteiger partial charge in [0, 0.05) is 5.25 Å². The van der Waals surface area contributed by atoms with Crippen molar-refractivity contribution in [2.45, 2.75) is 24.1 Å². The number of carboxylic acid groups (broad SMARTS) is 1. The van der Waals surface area contributed by atoms with E-state index in [2.05, 4.69) is 4.98 Å². The fraction of sp³-hybridized carbons (Fsp3) is 0.333. The summed E-state index contributed by atoms with van der Waals surface area (Å²) < 4.78 is 12.7. The normalized spacial score (nSPS) is 10.6. The van der Waals surface area contributed by atoms with Crippen LogP contribution in [0.1, 0.15) is 24.2 Å². The van der Waals surface area contributed by atoms with E-state index in [0.717, 1.165) is 12.3 Å². The Morgan fingerprint density at radius 2 is 2.29 bits per heavy atom. The van der Waals surface area contributed by atoms with E-state index in [1.165, 1.54) is 11.8 Å². The number of halogens is 1. The SMILES string of the molecule is CC(C)Sc1ncc(F)cc1C(=O)O. The highest BCUT2D eigenvalue weighted by atomic mass is 32.2. The molecule has 0 fully saturated rings. The van der Waals surface area contributed by atoms with E-state index < -0.39 is 11.8 Å². The van der Waals surface area contributed by atoms with Crippen molar-refractivity contribution in [3.63, 3.8) is 0 Å². The summed E-state index contributed by atoms with van der Waals surface area (Å²) in [6.45, 7) is 3.84. The number of carbonyl (C=O) groups is 1. The first-order valence-corrected chi connectivity index (χ1v) is 4.94. The molecule has 0 aliphatic carbocycles. The van der Waals surface area contributed by atoms with Crippen molar-refractivity contribution in [2.24, 2.45) is 0 Å². The monoisotopic (exact) mass is 215 g/mol. The molecular formula is C9H10FNO2S. The average Bonchev–Trinajstić information content (AvgIpc) is 2.07. The fourth-order valence-electron chi connectivity index (χ4n) is 0.897. The molecule has 0 aromatic carbocycles. The van der Waals surface area contributed by atoms with Gasteiger partial charge in [-0.25, -0.2) is 14.2 Å². The Labute approximate surface area is 85.4 Å². The Kier molecular flexibility index (Phi) is 3.46. The maximum Gasteiger partial charge on any atom is 0.338 e. The van der Waals surface area contributed by atoms with Crippen LogP contribution < -0.4 is 0 Å². The van der Waals surface area contributed by atoms with Gasteiger partial charge in [-0.15, -0.1) is 11.8 Å². The van der Waals surface area contributed by atoms with E-state index >= 15 is 0 Å². The topological polar surface area (TPSA) is 50.2 Å². The summed E-state index contributed by atoms with van der Waals surface area (Å²) in [6.07, 6.45) is 1.02. The largest absolute Gasteiger partial charge is 0.478 e. The molecular weight excluding hydrogens is 205 g/mol. The van der Waals surface area contributed by atoms with Crippen molar-refractivity contribution in [3.8, 4) is 0 Å². The van der Waals surface area contributed by atoms with Crippen LogP contribution in [0.5, 0.6) is 0 Å². The molecule has 0 aliphatic heterocycles. The molecule has 1 heterocycles. The fourth-order valence-corrected chi connectivity index (χ4v) is 1.73. The minimum absolute atomic E-state index is 0.0799. The first-order valence-electron chi connectivity index (χ1n) is 4.06. The molecule has 1 N–H and O–H groups in total. The average molecular weight is 215 g/mol. The Hall–Kier alpha value is -1.10. The molecule has 0 bridgehead atoms. The first kappa shape index (κ1) is 11.0. The standard InChI is InChI=1S/C9H10FNO2S/c1-5(2)14-8-7(9(12)13)3-6(10)4-11-8/h3-5H,1-2H3,(H,12,13). The number of pyridine rings is 1. The van der Waals surface area contributed by atoms with E-state index in [0.29, 0.717) is 5.03 Å². The summed E-state index contributed by atoms with van der Waals surface area (Å²) in [7, 11) is 0. The van der Waals surface area contributed by atoms with Gasteiger partial charge in [0.05, 0.1) is 11.8 Å². The maximum atomic E-state index is 12.7. The molecule has 1 aromatic rings. The molecule has 0 amide bonds. The van der Waals surface area contributed by atoms with E-state index in [-0.39, 0.29) is 10.8 Å². The minimum Gasteiger partial charge on any atom is -0.478 e. The Morgan fingerprint density at radius 3 is 2.79 bits per heavy atom. The van der Waals surface area contributed by atoms with Gasteiger partial charge in [0.1, 0.15) is 10.8 Å². The molecule has 5 heteroatoms. The van der Waals surface area contributed by atoms with Gasteiger partial charge in [-0.3, -0.25) is 0 Å². The first-order chi connectivity index (χ1) is 6.50. The van der Waals surface area contributed by atoms with Gasteiger partial charge in [0.25, 0.3) is 0 Å². The van der Waals surface area contributed by atoms with Crippen LogP contribution in [0.4, 0.5) is 4.39 Å². The highest BCUT2D eigenvalue weighted by Crippen LogP contribution is 2.24. The second kappa shape index (κ2) is 4.41. The molecule has 0 radical (unpaired) electrons. The zero-order valence-electron chi connectivity index (χ0n) is 7.82. The number of thioether (sulfide) groups is 1. The molecule has 0 saturated carbocycles. The number of aromatic nitrogens is 1. The van der Waals surface area contributed by atoms with Crippen LogP contribution in [0.2, 0.25) is 0 Å². The zero-order chi connectivity index (χ0) is 10.7.